The molecule has 0 aromatic heterocycles. The van der Waals surface area contributed by atoms with Crippen molar-refractivity contribution in [1.29, 1.82) is 0 Å². The molecule has 39 heavy (non-hydrogen) atoms. The lowest BCUT2D eigenvalue weighted by atomic mass is 9.70. The van der Waals surface area contributed by atoms with Gasteiger partial charge in [0.2, 0.25) is 5.78 Å². The summed E-state index contributed by atoms with van der Waals surface area (Å²) in [6.45, 7) is 6.55. The Labute approximate surface area is 228 Å². The van der Waals surface area contributed by atoms with Crippen LogP contribution in [0.15, 0.2) is 58.4 Å². The monoisotopic (exact) mass is 535 g/mol. The fourth-order valence-corrected chi connectivity index (χ4v) is 5.49. The molecule has 1 saturated heterocycles. The molecule has 4 rings (SSSR count). The Morgan fingerprint density at radius 2 is 2.05 bits per heavy atom. The van der Waals surface area contributed by atoms with Gasteiger partial charge in [-0.25, -0.2) is 4.79 Å². The van der Waals surface area contributed by atoms with Crippen LogP contribution in [0.1, 0.15) is 59.9 Å². The molecule has 0 radical (unpaired) electrons. The number of aliphatic imine (C=N–C) groups is 1. The fourth-order valence-electron chi connectivity index (χ4n) is 5.49. The van der Waals surface area contributed by atoms with Crippen molar-refractivity contribution in [2.45, 2.75) is 57.3 Å². The minimum absolute atomic E-state index is 0.0367. The maximum atomic E-state index is 13.9. The van der Waals surface area contributed by atoms with Crippen LogP contribution in [-0.2, 0) is 20.7 Å². The SMILES string of the molecule is CN=C(N)NC(CC(C)=CCC12OC1(C(=O)OC)C(=O)c1c(CC(C)C)cccc1C2=O)C1=CCNC(N)=C1. The fraction of sp³-hybridized carbons (Fsp3) is 0.448. The number of guanidine groups is 1. The molecule has 0 saturated carbocycles. The van der Waals surface area contributed by atoms with Crippen LogP contribution in [0.5, 0.6) is 0 Å². The first-order chi connectivity index (χ1) is 18.5. The number of nitrogens with one attached hydrogen (secondary N) is 2. The van der Waals surface area contributed by atoms with Gasteiger partial charge in [-0.2, -0.15) is 0 Å². The van der Waals surface area contributed by atoms with Crippen molar-refractivity contribution in [3.05, 3.63) is 70.1 Å². The zero-order valence-corrected chi connectivity index (χ0v) is 23.1. The van der Waals surface area contributed by atoms with Crippen LogP contribution in [0.4, 0.5) is 0 Å². The number of carbonyl (C=O) groups is 3. The number of Topliss-reactive ketones (excluding diaryl/α,β-unsaturated/α-hetero) is 2. The van der Waals surface area contributed by atoms with Crippen molar-refractivity contribution in [1.82, 2.24) is 10.6 Å². The van der Waals surface area contributed by atoms with E-state index in [9.17, 15) is 14.4 Å². The average Bonchev–Trinajstić information content (AvgIpc) is 3.61. The number of hydrogen-bond donors (Lipinski definition) is 4. The van der Waals surface area contributed by atoms with E-state index in [-0.39, 0.29) is 41.3 Å². The summed E-state index contributed by atoms with van der Waals surface area (Å²) >= 11 is 0. The maximum Gasteiger partial charge on any atom is 0.350 e. The van der Waals surface area contributed by atoms with Gasteiger partial charge in [0.25, 0.3) is 5.60 Å². The van der Waals surface area contributed by atoms with E-state index in [0.717, 1.165) is 16.7 Å². The van der Waals surface area contributed by atoms with Crippen molar-refractivity contribution in [2.75, 3.05) is 20.7 Å². The molecule has 0 amide bonds. The van der Waals surface area contributed by atoms with E-state index in [1.807, 2.05) is 45.1 Å². The van der Waals surface area contributed by atoms with Gasteiger partial charge >= 0.3 is 5.97 Å². The van der Waals surface area contributed by atoms with Gasteiger partial charge < -0.3 is 31.6 Å². The summed E-state index contributed by atoms with van der Waals surface area (Å²) in [5, 5.41) is 6.24. The third-order valence-corrected chi connectivity index (χ3v) is 7.46. The number of fused-ring (bicyclic) bond motifs is 2. The maximum absolute atomic E-state index is 13.9. The standard InChI is InChI=1S/C29H37N5O5/c1-16(2)13-19-7-6-8-20-23(19)25(36)29(26(37)38-5)28(39-29,24(20)35)11-9-17(3)14-21(34-27(31)32-4)18-10-12-33-22(30)15-18/h6-10,15-16,21,33H,11-14,30H2,1-5H3,(H3,31,32,34). The number of benzene rings is 1. The third kappa shape index (κ3) is 4.85. The van der Waals surface area contributed by atoms with Crippen molar-refractivity contribution in [3.63, 3.8) is 0 Å². The normalized spacial score (nSPS) is 25.2. The number of nitrogens with zero attached hydrogens (tertiary/aromatic N) is 1. The highest BCUT2D eigenvalue weighted by atomic mass is 16.7. The van der Waals surface area contributed by atoms with Gasteiger partial charge in [0.05, 0.1) is 19.0 Å². The largest absolute Gasteiger partial charge is 0.466 e. The Balaban J connectivity index is 1.67. The summed E-state index contributed by atoms with van der Waals surface area (Å²) in [5.74, 6) is -0.690. The van der Waals surface area contributed by atoms with E-state index in [1.165, 1.54) is 7.11 Å². The van der Waals surface area contributed by atoms with Crippen molar-refractivity contribution in [3.8, 4) is 0 Å². The van der Waals surface area contributed by atoms with Crippen LogP contribution >= 0.6 is 0 Å². The first-order valence-corrected chi connectivity index (χ1v) is 13.1. The van der Waals surface area contributed by atoms with Gasteiger partial charge in [-0.05, 0) is 42.9 Å². The number of esters is 1. The van der Waals surface area contributed by atoms with Crippen LogP contribution in [0.25, 0.3) is 0 Å². The number of ether oxygens (including phenoxy) is 2. The molecule has 3 unspecified atom stereocenters. The number of epoxide rings is 1. The molecular weight excluding hydrogens is 498 g/mol. The van der Waals surface area contributed by atoms with Crippen LogP contribution in [0.3, 0.4) is 0 Å². The number of rotatable bonds is 9. The molecule has 3 aliphatic rings. The highest BCUT2D eigenvalue weighted by molar-refractivity contribution is 6.33. The number of carbonyl (C=O) groups excluding carboxylic acids is 3. The molecule has 1 fully saturated rings. The minimum atomic E-state index is -1.98. The highest BCUT2D eigenvalue weighted by Gasteiger charge is 2.85. The van der Waals surface area contributed by atoms with E-state index >= 15 is 0 Å². The smallest absolute Gasteiger partial charge is 0.350 e. The molecule has 2 heterocycles. The van der Waals surface area contributed by atoms with E-state index in [4.69, 9.17) is 20.9 Å². The molecule has 6 N–H and O–H groups in total. The quantitative estimate of drug-likeness (QED) is 0.0924. The average molecular weight is 536 g/mol. The first-order valence-electron chi connectivity index (χ1n) is 13.1. The predicted molar refractivity (Wildman–Crippen MR) is 148 cm³/mol. The van der Waals surface area contributed by atoms with Gasteiger partial charge in [-0.15, -0.1) is 0 Å². The van der Waals surface area contributed by atoms with E-state index in [0.29, 0.717) is 25.2 Å². The molecular formula is C29H37N5O5. The second-order valence-corrected chi connectivity index (χ2v) is 10.6. The zero-order chi connectivity index (χ0) is 28.5. The Morgan fingerprint density at radius 3 is 2.69 bits per heavy atom. The lowest BCUT2D eigenvalue weighted by molar-refractivity contribution is -0.145. The lowest BCUT2D eigenvalue weighted by Gasteiger charge is -2.26. The number of nitrogens with two attached hydrogens (primary N) is 2. The highest BCUT2D eigenvalue weighted by Crippen LogP contribution is 2.59. The van der Waals surface area contributed by atoms with Crippen LogP contribution in [0.2, 0.25) is 0 Å². The zero-order valence-electron chi connectivity index (χ0n) is 23.1. The minimum Gasteiger partial charge on any atom is -0.466 e. The van der Waals surface area contributed by atoms with Gasteiger partial charge in [0, 0.05) is 31.1 Å². The first kappa shape index (κ1) is 28.1. The Bertz CT molecular complexity index is 1330. The van der Waals surface area contributed by atoms with Crippen LogP contribution < -0.4 is 22.1 Å². The molecule has 208 valence electrons. The molecule has 10 nitrogen and oxygen atoms in total. The molecule has 1 aliphatic carbocycles. The second-order valence-electron chi connectivity index (χ2n) is 10.6. The molecule has 1 aromatic rings. The predicted octanol–water partition coefficient (Wildman–Crippen LogP) is 1.90. The van der Waals surface area contributed by atoms with E-state index in [2.05, 4.69) is 15.6 Å². The molecule has 3 atom stereocenters. The summed E-state index contributed by atoms with van der Waals surface area (Å²) in [6.07, 6.45) is 6.80. The Morgan fingerprint density at radius 1 is 1.31 bits per heavy atom. The summed E-state index contributed by atoms with van der Waals surface area (Å²) in [4.78, 5) is 44.8. The summed E-state index contributed by atoms with van der Waals surface area (Å²) in [6, 6.07) is 4.99. The van der Waals surface area contributed by atoms with Crippen LogP contribution in [-0.4, -0.2) is 61.4 Å². The molecule has 10 heteroatoms. The molecule has 2 aliphatic heterocycles. The van der Waals surface area contributed by atoms with Gasteiger partial charge in [0.15, 0.2) is 17.3 Å². The van der Waals surface area contributed by atoms with Crippen LogP contribution in [0, 0.1) is 5.92 Å². The van der Waals surface area contributed by atoms with E-state index in [1.54, 1.807) is 19.2 Å². The number of ketones is 2. The van der Waals surface area contributed by atoms with E-state index < -0.39 is 23.0 Å². The molecule has 0 spiro atoms. The third-order valence-electron chi connectivity index (χ3n) is 7.46. The van der Waals surface area contributed by atoms with Gasteiger partial charge in [-0.1, -0.05) is 49.8 Å². The second kappa shape index (κ2) is 10.7. The van der Waals surface area contributed by atoms with Crippen molar-refractivity contribution >= 4 is 23.5 Å². The van der Waals surface area contributed by atoms with Gasteiger partial charge in [0.1, 0.15) is 0 Å². The number of dihydropyridines is 1. The number of methoxy groups -OCH3 is 1. The van der Waals surface area contributed by atoms with Crippen molar-refractivity contribution in [2.24, 2.45) is 22.4 Å². The molecule has 1 aromatic carbocycles. The summed E-state index contributed by atoms with van der Waals surface area (Å²) in [7, 11) is 2.79. The van der Waals surface area contributed by atoms with Gasteiger partial charge in [-0.3, -0.25) is 14.6 Å². The Kier molecular flexibility index (Phi) is 7.70. The number of hydrogen-bond acceptors (Lipinski definition) is 8. The van der Waals surface area contributed by atoms with Crippen molar-refractivity contribution < 1.29 is 23.9 Å². The molecule has 0 bridgehead atoms. The summed E-state index contributed by atoms with van der Waals surface area (Å²) < 4.78 is 10.9. The Hall–Kier alpha value is -3.92. The summed E-state index contributed by atoms with van der Waals surface area (Å²) in [5.41, 5.74) is 11.4. The lowest BCUT2D eigenvalue weighted by Crippen LogP contribution is -2.50. The topological polar surface area (TPSA) is 161 Å².